The van der Waals surface area contributed by atoms with E-state index < -0.39 is 17.8 Å². The molecule has 1 unspecified atom stereocenters. The van der Waals surface area contributed by atoms with Crippen molar-refractivity contribution in [3.05, 3.63) is 59.2 Å². The normalized spacial score (nSPS) is 19.4. The molecule has 2 aromatic rings. The lowest BCUT2D eigenvalue weighted by atomic mass is 10.0. The van der Waals surface area contributed by atoms with Crippen molar-refractivity contribution < 1.29 is 32.2 Å². The number of rotatable bonds is 2. The van der Waals surface area contributed by atoms with Gasteiger partial charge in [0.15, 0.2) is 11.5 Å². The average Bonchev–Trinajstić information content (AvgIpc) is 2.72. The zero-order valence-corrected chi connectivity index (χ0v) is 14.9. The Labute approximate surface area is 159 Å². The summed E-state index contributed by atoms with van der Waals surface area (Å²) in [6.07, 6.45) is -4.88. The van der Waals surface area contributed by atoms with E-state index in [2.05, 4.69) is 0 Å². The summed E-state index contributed by atoms with van der Waals surface area (Å²) in [5, 5.41) is 0. The number of amides is 1. The van der Waals surface area contributed by atoms with E-state index in [1.54, 1.807) is 23.1 Å². The number of hydrogen-bond acceptors (Lipinski definition) is 4. The second-order valence-corrected chi connectivity index (χ2v) is 6.56. The van der Waals surface area contributed by atoms with Crippen LogP contribution in [-0.2, 0) is 10.9 Å². The van der Waals surface area contributed by atoms with Gasteiger partial charge in [0.1, 0.15) is 19.3 Å². The lowest BCUT2D eigenvalue weighted by Gasteiger charge is -2.34. The van der Waals surface area contributed by atoms with Gasteiger partial charge in [-0.15, -0.1) is 0 Å². The SMILES string of the molecule is O=C(c1cccc2c1OCCO2)N1CCOC(c2ccc(C(F)(F)F)cc2)C1. The molecule has 148 valence electrons. The molecule has 0 N–H and O–H groups in total. The maximum Gasteiger partial charge on any atom is 0.416 e. The van der Waals surface area contributed by atoms with Gasteiger partial charge in [0, 0.05) is 6.54 Å². The monoisotopic (exact) mass is 393 g/mol. The second kappa shape index (κ2) is 7.35. The van der Waals surface area contributed by atoms with Crippen LogP contribution >= 0.6 is 0 Å². The Morgan fingerprint density at radius 2 is 1.75 bits per heavy atom. The Balaban J connectivity index is 1.52. The minimum Gasteiger partial charge on any atom is -0.486 e. The minimum atomic E-state index is -4.39. The van der Waals surface area contributed by atoms with Gasteiger partial charge >= 0.3 is 6.18 Å². The average molecular weight is 393 g/mol. The summed E-state index contributed by atoms with van der Waals surface area (Å²) in [7, 11) is 0. The third-order valence-corrected chi connectivity index (χ3v) is 4.76. The molecule has 1 fully saturated rings. The fraction of sp³-hybridized carbons (Fsp3) is 0.350. The molecule has 5 nitrogen and oxygen atoms in total. The highest BCUT2D eigenvalue weighted by atomic mass is 19.4. The summed E-state index contributed by atoms with van der Waals surface area (Å²) in [4.78, 5) is 14.6. The zero-order valence-electron chi connectivity index (χ0n) is 14.9. The topological polar surface area (TPSA) is 48.0 Å². The van der Waals surface area contributed by atoms with Crippen LogP contribution in [0.25, 0.3) is 0 Å². The van der Waals surface area contributed by atoms with Crippen molar-refractivity contribution in [2.24, 2.45) is 0 Å². The van der Waals surface area contributed by atoms with Crippen LogP contribution in [0.15, 0.2) is 42.5 Å². The molecule has 8 heteroatoms. The highest BCUT2D eigenvalue weighted by Crippen LogP contribution is 2.35. The van der Waals surface area contributed by atoms with Crippen molar-refractivity contribution in [3.63, 3.8) is 0 Å². The Morgan fingerprint density at radius 3 is 2.50 bits per heavy atom. The third-order valence-electron chi connectivity index (χ3n) is 4.76. The second-order valence-electron chi connectivity index (χ2n) is 6.56. The smallest absolute Gasteiger partial charge is 0.416 e. The van der Waals surface area contributed by atoms with E-state index in [9.17, 15) is 18.0 Å². The number of alkyl halides is 3. The first-order valence-corrected chi connectivity index (χ1v) is 8.90. The molecular formula is C20H18F3NO4. The van der Waals surface area contributed by atoms with Crippen LogP contribution in [0, 0.1) is 0 Å². The van der Waals surface area contributed by atoms with Crippen molar-refractivity contribution >= 4 is 5.91 Å². The zero-order chi connectivity index (χ0) is 19.7. The number of carbonyl (C=O) groups excluding carboxylic acids is 1. The predicted molar refractivity (Wildman–Crippen MR) is 93.5 cm³/mol. The van der Waals surface area contributed by atoms with Gasteiger partial charge in [-0.1, -0.05) is 18.2 Å². The quantitative estimate of drug-likeness (QED) is 0.781. The molecule has 2 aliphatic rings. The van der Waals surface area contributed by atoms with Crippen molar-refractivity contribution in [2.45, 2.75) is 12.3 Å². The van der Waals surface area contributed by atoms with E-state index in [4.69, 9.17) is 14.2 Å². The van der Waals surface area contributed by atoms with E-state index in [0.29, 0.717) is 49.0 Å². The molecule has 0 aromatic heterocycles. The van der Waals surface area contributed by atoms with E-state index >= 15 is 0 Å². The van der Waals surface area contributed by atoms with Crippen LogP contribution in [0.4, 0.5) is 13.2 Å². The molecular weight excluding hydrogens is 375 g/mol. The van der Waals surface area contributed by atoms with Crippen molar-refractivity contribution in [3.8, 4) is 11.5 Å². The maximum atomic E-state index is 13.0. The molecule has 2 aromatic carbocycles. The summed E-state index contributed by atoms with van der Waals surface area (Å²) in [6, 6.07) is 9.99. The number of benzene rings is 2. The summed E-state index contributed by atoms with van der Waals surface area (Å²) in [6.45, 7) is 1.73. The van der Waals surface area contributed by atoms with Crippen LogP contribution in [0.5, 0.6) is 11.5 Å². The van der Waals surface area contributed by atoms with Crippen LogP contribution in [0.2, 0.25) is 0 Å². The van der Waals surface area contributed by atoms with Crippen molar-refractivity contribution in [1.82, 2.24) is 4.90 Å². The van der Waals surface area contributed by atoms with Gasteiger partial charge in [0.05, 0.1) is 24.3 Å². The molecule has 2 aliphatic heterocycles. The van der Waals surface area contributed by atoms with Gasteiger partial charge in [0.2, 0.25) is 0 Å². The van der Waals surface area contributed by atoms with E-state index in [-0.39, 0.29) is 12.5 Å². The van der Waals surface area contributed by atoms with Crippen molar-refractivity contribution in [2.75, 3.05) is 32.9 Å². The molecule has 0 spiro atoms. The number of nitrogens with zero attached hydrogens (tertiary/aromatic N) is 1. The van der Waals surface area contributed by atoms with Crippen LogP contribution in [-0.4, -0.2) is 43.7 Å². The number of para-hydroxylation sites is 1. The summed E-state index contributed by atoms with van der Waals surface area (Å²) in [5.74, 6) is 0.739. The van der Waals surface area contributed by atoms with Gasteiger partial charge in [0.25, 0.3) is 5.91 Å². The molecule has 1 atom stereocenters. The molecule has 0 aliphatic carbocycles. The molecule has 4 rings (SSSR count). The van der Waals surface area contributed by atoms with Gasteiger partial charge in [-0.2, -0.15) is 13.2 Å². The molecule has 0 saturated carbocycles. The summed E-state index contributed by atoms with van der Waals surface area (Å²) in [5.41, 5.74) is 0.290. The molecule has 2 heterocycles. The first-order valence-electron chi connectivity index (χ1n) is 8.90. The van der Waals surface area contributed by atoms with Crippen LogP contribution < -0.4 is 9.47 Å². The lowest BCUT2D eigenvalue weighted by Crippen LogP contribution is -2.42. The molecule has 28 heavy (non-hydrogen) atoms. The van der Waals surface area contributed by atoms with Gasteiger partial charge in [-0.05, 0) is 29.8 Å². The largest absolute Gasteiger partial charge is 0.486 e. The number of fused-ring (bicyclic) bond motifs is 1. The van der Waals surface area contributed by atoms with E-state index in [1.807, 2.05) is 0 Å². The van der Waals surface area contributed by atoms with Crippen LogP contribution in [0.1, 0.15) is 27.6 Å². The highest BCUT2D eigenvalue weighted by molar-refractivity contribution is 5.98. The molecule has 1 saturated heterocycles. The Bertz CT molecular complexity index is 867. The van der Waals surface area contributed by atoms with Gasteiger partial charge in [-0.25, -0.2) is 0 Å². The number of ether oxygens (including phenoxy) is 3. The minimum absolute atomic E-state index is 0.220. The first kappa shape index (κ1) is 18.6. The van der Waals surface area contributed by atoms with Gasteiger partial charge < -0.3 is 19.1 Å². The molecule has 0 bridgehead atoms. The van der Waals surface area contributed by atoms with E-state index in [1.165, 1.54) is 12.1 Å². The first-order chi connectivity index (χ1) is 13.4. The Morgan fingerprint density at radius 1 is 1.00 bits per heavy atom. The Hall–Kier alpha value is -2.74. The maximum absolute atomic E-state index is 13.0. The Kier molecular flexibility index (Phi) is 4.89. The predicted octanol–water partition coefficient (Wildman–Crippen LogP) is 3.69. The summed E-state index contributed by atoms with van der Waals surface area (Å²) < 4.78 is 55.1. The molecule has 0 radical (unpaired) electrons. The van der Waals surface area contributed by atoms with Crippen molar-refractivity contribution in [1.29, 1.82) is 0 Å². The number of morpholine rings is 1. The summed E-state index contributed by atoms with van der Waals surface area (Å²) >= 11 is 0. The highest BCUT2D eigenvalue weighted by Gasteiger charge is 2.32. The standard InChI is InChI=1S/C20H18F3NO4/c21-20(22,23)14-6-4-13(5-7-14)17-12-24(8-9-26-17)19(25)15-2-1-3-16-18(15)28-11-10-27-16/h1-7,17H,8-12H2. The third kappa shape index (κ3) is 3.64. The number of carbonyl (C=O) groups is 1. The fourth-order valence-corrected chi connectivity index (χ4v) is 3.33. The number of hydrogen-bond donors (Lipinski definition) is 0. The van der Waals surface area contributed by atoms with E-state index in [0.717, 1.165) is 12.1 Å². The molecule has 1 amide bonds. The van der Waals surface area contributed by atoms with Crippen LogP contribution in [0.3, 0.4) is 0 Å². The van der Waals surface area contributed by atoms with Gasteiger partial charge in [-0.3, -0.25) is 4.79 Å². The number of halogens is 3. The lowest BCUT2D eigenvalue weighted by molar-refractivity contribution is -0.137. The fourth-order valence-electron chi connectivity index (χ4n) is 3.33.